The highest BCUT2D eigenvalue weighted by Crippen LogP contribution is 2.40. The lowest BCUT2D eigenvalue weighted by Crippen LogP contribution is -2.23. The average Bonchev–Trinajstić information content (AvgIpc) is 3.47. The molecule has 146 valence electrons. The third kappa shape index (κ3) is 3.67. The van der Waals surface area contributed by atoms with E-state index in [1.807, 2.05) is 18.2 Å². The fourth-order valence-corrected chi connectivity index (χ4v) is 3.62. The average molecular weight is 453 g/mol. The Kier molecular flexibility index (Phi) is 4.43. The number of rotatable bonds is 5. The second-order valence-corrected chi connectivity index (χ2v) is 8.13. The molecule has 0 bridgehead atoms. The number of hydrogen-bond acceptors (Lipinski definition) is 5. The van der Waals surface area contributed by atoms with Crippen LogP contribution in [0, 0.1) is 0 Å². The first-order chi connectivity index (χ1) is 14.1. The zero-order valence-corrected chi connectivity index (χ0v) is 17.0. The molecule has 1 aliphatic carbocycles. The zero-order valence-electron chi connectivity index (χ0n) is 15.4. The second kappa shape index (κ2) is 7.11. The van der Waals surface area contributed by atoms with Crippen molar-refractivity contribution in [1.29, 1.82) is 0 Å². The molecule has 2 aromatic heterocycles. The Balaban J connectivity index is 1.28. The molecule has 5 rings (SSSR count). The van der Waals surface area contributed by atoms with E-state index < -0.39 is 0 Å². The molecule has 29 heavy (non-hydrogen) atoms. The van der Waals surface area contributed by atoms with Crippen LogP contribution in [0.5, 0.6) is 0 Å². The second-order valence-electron chi connectivity index (χ2n) is 7.21. The minimum absolute atomic E-state index is 0.158. The molecule has 1 aliphatic rings. The Morgan fingerprint density at radius 3 is 2.90 bits per heavy atom. The van der Waals surface area contributed by atoms with Gasteiger partial charge in [-0.2, -0.15) is 0 Å². The van der Waals surface area contributed by atoms with E-state index in [4.69, 9.17) is 4.42 Å². The lowest BCUT2D eigenvalue weighted by molar-refractivity contribution is -0.116. The van der Waals surface area contributed by atoms with E-state index in [-0.39, 0.29) is 24.4 Å². The summed E-state index contributed by atoms with van der Waals surface area (Å²) in [4.78, 5) is 33.8. The fraction of sp³-hybridized carbons (Fsp3) is 0.238. The molecule has 1 N–H and O–H groups in total. The quantitative estimate of drug-likeness (QED) is 0.489. The van der Waals surface area contributed by atoms with E-state index in [1.54, 1.807) is 18.2 Å². The molecule has 1 fully saturated rings. The van der Waals surface area contributed by atoms with Crippen molar-refractivity contribution in [1.82, 2.24) is 14.5 Å². The minimum atomic E-state index is -0.184. The number of halogens is 1. The molecule has 1 saturated carbocycles. The van der Waals surface area contributed by atoms with Crippen LogP contribution in [0.4, 0.5) is 5.69 Å². The monoisotopic (exact) mass is 452 g/mol. The van der Waals surface area contributed by atoms with Crippen molar-refractivity contribution in [3.8, 4) is 0 Å². The van der Waals surface area contributed by atoms with Crippen LogP contribution in [0.3, 0.4) is 0 Å². The van der Waals surface area contributed by atoms with Crippen molar-refractivity contribution in [2.24, 2.45) is 0 Å². The van der Waals surface area contributed by atoms with Crippen LogP contribution in [-0.2, 0) is 11.3 Å². The SMILES string of the molecule is O=C(CCn1cnc2ccc(Br)cc2c1=O)Nc1ccc2oc(C3CC3)nc2c1. The van der Waals surface area contributed by atoms with Crippen LogP contribution in [0.25, 0.3) is 22.0 Å². The summed E-state index contributed by atoms with van der Waals surface area (Å²) in [5, 5.41) is 3.38. The predicted octanol–water partition coefficient (Wildman–Crippen LogP) is 4.21. The lowest BCUT2D eigenvalue weighted by atomic mass is 10.2. The molecular weight excluding hydrogens is 436 g/mol. The Morgan fingerprint density at radius 1 is 1.21 bits per heavy atom. The standard InChI is InChI=1S/C21H17BrN4O3/c22-13-3-5-16-15(9-13)21(28)26(11-23-16)8-7-19(27)24-14-4-6-18-17(10-14)25-20(29-18)12-1-2-12/h3-6,9-12H,1-2,7-8H2,(H,24,27). The highest BCUT2D eigenvalue weighted by Gasteiger charge is 2.28. The summed E-state index contributed by atoms with van der Waals surface area (Å²) in [6.07, 6.45) is 3.88. The van der Waals surface area contributed by atoms with Crippen LogP contribution in [0.15, 0.2) is 56.4 Å². The maximum absolute atomic E-state index is 12.6. The molecular formula is C21H17BrN4O3. The first-order valence-electron chi connectivity index (χ1n) is 9.42. The topological polar surface area (TPSA) is 90.0 Å². The van der Waals surface area contributed by atoms with Crippen LogP contribution in [-0.4, -0.2) is 20.4 Å². The molecule has 7 nitrogen and oxygen atoms in total. The van der Waals surface area contributed by atoms with E-state index in [1.165, 1.54) is 10.9 Å². The smallest absolute Gasteiger partial charge is 0.261 e. The number of nitrogens with zero attached hydrogens (tertiary/aromatic N) is 3. The Labute approximate surface area is 173 Å². The fourth-order valence-electron chi connectivity index (χ4n) is 3.26. The molecule has 0 spiro atoms. The van der Waals surface area contributed by atoms with Crippen LogP contribution in [0.1, 0.15) is 31.1 Å². The van der Waals surface area contributed by atoms with Gasteiger partial charge < -0.3 is 9.73 Å². The molecule has 0 aliphatic heterocycles. The van der Waals surface area contributed by atoms with Crippen molar-refractivity contribution in [2.45, 2.75) is 31.7 Å². The number of fused-ring (bicyclic) bond motifs is 2. The molecule has 8 heteroatoms. The number of benzene rings is 2. The molecule has 4 aromatic rings. The van der Waals surface area contributed by atoms with Gasteiger partial charge in [-0.1, -0.05) is 15.9 Å². The summed E-state index contributed by atoms with van der Waals surface area (Å²) in [6, 6.07) is 10.8. The summed E-state index contributed by atoms with van der Waals surface area (Å²) in [6.45, 7) is 0.248. The van der Waals surface area contributed by atoms with Gasteiger partial charge in [-0.05, 0) is 49.2 Å². The van der Waals surface area contributed by atoms with Gasteiger partial charge in [0.1, 0.15) is 5.52 Å². The van der Waals surface area contributed by atoms with Crippen molar-refractivity contribution < 1.29 is 9.21 Å². The minimum Gasteiger partial charge on any atom is -0.440 e. The van der Waals surface area contributed by atoms with E-state index in [0.717, 1.165) is 34.3 Å². The van der Waals surface area contributed by atoms with Crippen molar-refractivity contribution in [3.05, 3.63) is 63.4 Å². The Morgan fingerprint density at radius 2 is 2.07 bits per heavy atom. The number of anilines is 1. The Hall–Kier alpha value is -3.00. The lowest BCUT2D eigenvalue weighted by Gasteiger charge is -2.08. The van der Waals surface area contributed by atoms with E-state index >= 15 is 0 Å². The van der Waals surface area contributed by atoms with Crippen molar-refractivity contribution in [2.75, 3.05) is 5.32 Å². The maximum atomic E-state index is 12.6. The van der Waals surface area contributed by atoms with Gasteiger partial charge in [-0.3, -0.25) is 14.2 Å². The number of oxazole rings is 1. The zero-order chi connectivity index (χ0) is 20.0. The summed E-state index contributed by atoms with van der Waals surface area (Å²) < 4.78 is 8.01. The van der Waals surface area contributed by atoms with Gasteiger partial charge in [-0.15, -0.1) is 0 Å². The predicted molar refractivity (Wildman–Crippen MR) is 113 cm³/mol. The summed E-state index contributed by atoms with van der Waals surface area (Å²) in [5.74, 6) is 1.03. The van der Waals surface area contributed by atoms with E-state index in [2.05, 4.69) is 31.2 Å². The van der Waals surface area contributed by atoms with Gasteiger partial charge in [0.05, 0.1) is 17.2 Å². The number of carbonyl (C=O) groups excluding carboxylic acids is 1. The number of carbonyl (C=O) groups is 1. The van der Waals surface area contributed by atoms with Crippen LogP contribution >= 0.6 is 15.9 Å². The van der Waals surface area contributed by atoms with Gasteiger partial charge >= 0.3 is 0 Å². The molecule has 0 saturated heterocycles. The first-order valence-corrected chi connectivity index (χ1v) is 10.2. The van der Waals surface area contributed by atoms with Crippen LogP contribution in [0.2, 0.25) is 0 Å². The number of hydrogen-bond donors (Lipinski definition) is 1. The van der Waals surface area contributed by atoms with Gasteiger partial charge in [0.2, 0.25) is 5.91 Å². The van der Waals surface area contributed by atoms with Crippen molar-refractivity contribution in [3.63, 3.8) is 0 Å². The largest absolute Gasteiger partial charge is 0.440 e. The molecule has 0 radical (unpaired) electrons. The van der Waals surface area contributed by atoms with Crippen LogP contribution < -0.4 is 10.9 Å². The number of aryl methyl sites for hydroxylation is 1. The molecule has 2 heterocycles. The molecule has 2 aromatic carbocycles. The van der Waals surface area contributed by atoms with E-state index in [9.17, 15) is 9.59 Å². The Bertz CT molecular complexity index is 1310. The van der Waals surface area contributed by atoms with E-state index in [0.29, 0.717) is 22.5 Å². The maximum Gasteiger partial charge on any atom is 0.261 e. The third-order valence-corrected chi connectivity index (χ3v) is 5.47. The highest BCUT2D eigenvalue weighted by molar-refractivity contribution is 9.10. The summed E-state index contributed by atoms with van der Waals surface area (Å²) in [5.41, 5.74) is 2.59. The molecule has 0 atom stereocenters. The summed E-state index contributed by atoms with van der Waals surface area (Å²) >= 11 is 3.37. The van der Waals surface area contributed by atoms with Gasteiger partial charge in [0.25, 0.3) is 5.56 Å². The highest BCUT2D eigenvalue weighted by atomic mass is 79.9. The summed E-state index contributed by atoms with van der Waals surface area (Å²) in [7, 11) is 0. The number of nitrogens with one attached hydrogen (secondary N) is 1. The third-order valence-electron chi connectivity index (χ3n) is 4.98. The van der Waals surface area contributed by atoms with Gasteiger partial charge in [0, 0.05) is 29.0 Å². The number of amides is 1. The first kappa shape index (κ1) is 18.1. The molecule has 1 amide bonds. The van der Waals surface area contributed by atoms with Gasteiger partial charge in [0.15, 0.2) is 11.5 Å². The number of aromatic nitrogens is 3. The van der Waals surface area contributed by atoms with Crippen molar-refractivity contribution >= 4 is 49.5 Å². The molecule has 0 unspecified atom stereocenters. The van der Waals surface area contributed by atoms with Gasteiger partial charge in [-0.25, -0.2) is 9.97 Å². The normalized spacial score (nSPS) is 13.8.